The lowest BCUT2D eigenvalue weighted by Gasteiger charge is -2.09. The van der Waals surface area contributed by atoms with Crippen LogP contribution in [0, 0.1) is 0 Å². The van der Waals surface area contributed by atoms with Crippen LogP contribution in [-0.2, 0) is 10.1 Å². The fraction of sp³-hybridized carbons (Fsp3) is 0.143. The van der Waals surface area contributed by atoms with Gasteiger partial charge in [-0.15, -0.1) is 0 Å². The molecule has 0 radical (unpaired) electrons. The van der Waals surface area contributed by atoms with E-state index in [0.29, 0.717) is 0 Å². The first-order chi connectivity index (χ1) is 5.93. The van der Waals surface area contributed by atoms with E-state index in [4.69, 9.17) is 10.3 Å². The highest BCUT2D eigenvalue weighted by Gasteiger charge is 2.22. The predicted molar refractivity (Wildman–Crippen MR) is 46.6 cm³/mol. The van der Waals surface area contributed by atoms with Gasteiger partial charge in [0.1, 0.15) is 5.75 Å². The first kappa shape index (κ1) is 9.97. The minimum atomic E-state index is -4.36. The van der Waals surface area contributed by atoms with Crippen molar-refractivity contribution in [2.75, 3.05) is 0 Å². The number of phenols is 1. The molecule has 1 aromatic carbocycles. The highest BCUT2D eigenvalue weighted by molar-refractivity contribution is 7.86. The molecule has 1 unspecified atom stereocenters. The monoisotopic (exact) mass is 203 g/mol. The zero-order valence-corrected chi connectivity index (χ0v) is 7.40. The lowest BCUT2D eigenvalue weighted by Crippen LogP contribution is -2.20. The third kappa shape index (κ3) is 2.18. The number of hydrogen-bond acceptors (Lipinski definition) is 4. The summed E-state index contributed by atoms with van der Waals surface area (Å²) in [5, 5.41) is 7.59. The second kappa shape index (κ2) is 3.33. The van der Waals surface area contributed by atoms with Crippen molar-refractivity contribution in [3.8, 4) is 5.75 Å². The molecule has 6 heteroatoms. The molecule has 13 heavy (non-hydrogen) atoms. The summed E-state index contributed by atoms with van der Waals surface area (Å²) in [7, 11) is -4.36. The Morgan fingerprint density at radius 1 is 1.31 bits per heavy atom. The number of para-hydroxylation sites is 1. The third-order valence-corrected chi connectivity index (χ3v) is 2.46. The smallest absolute Gasteiger partial charge is 0.285 e. The summed E-state index contributed by atoms with van der Waals surface area (Å²) >= 11 is 0. The van der Waals surface area contributed by atoms with Gasteiger partial charge in [-0.2, -0.15) is 8.42 Å². The SMILES string of the molecule is NC(c1ccccc1O)S(=O)(=O)O. The molecule has 0 spiro atoms. The van der Waals surface area contributed by atoms with Crippen molar-refractivity contribution in [2.45, 2.75) is 5.37 Å². The Kier molecular flexibility index (Phi) is 2.55. The summed E-state index contributed by atoms with van der Waals surface area (Å²) in [5.74, 6) is -0.257. The van der Waals surface area contributed by atoms with E-state index in [9.17, 15) is 13.5 Å². The second-order valence-corrected chi connectivity index (χ2v) is 4.03. The molecular weight excluding hydrogens is 194 g/mol. The number of phenolic OH excluding ortho intramolecular Hbond substituents is 1. The molecule has 4 N–H and O–H groups in total. The summed E-state index contributed by atoms with van der Waals surface area (Å²) in [6.45, 7) is 0. The summed E-state index contributed by atoms with van der Waals surface area (Å²) in [5.41, 5.74) is 5.15. The van der Waals surface area contributed by atoms with E-state index in [2.05, 4.69) is 0 Å². The van der Waals surface area contributed by atoms with Crippen LogP contribution in [0.5, 0.6) is 5.75 Å². The molecule has 0 aliphatic heterocycles. The number of benzene rings is 1. The van der Waals surface area contributed by atoms with E-state index in [1.807, 2.05) is 0 Å². The lowest BCUT2D eigenvalue weighted by molar-refractivity contribution is 0.451. The molecule has 0 fully saturated rings. The van der Waals surface area contributed by atoms with E-state index < -0.39 is 15.5 Å². The number of nitrogens with two attached hydrogens (primary N) is 1. The molecule has 1 aromatic rings. The molecule has 0 aliphatic rings. The van der Waals surface area contributed by atoms with E-state index >= 15 is 0 Å². The predicted octanol–water partition coefficient (Wildman–Crippen LogP) is 0.237. The van der Waals surface area contributed by atoms with Crippen LogP contribution in [0.1, 0.15) is 10.9 Å². The number of aromatic hydroxyl groups is 1. The Labute approximate surface area is 75.6 Å². The molecule has 1 rings (SSSR count). The van der Waals surface area contributed by atoms with Crippen LogP contribution in [0.2, 0.25) is 0 Å². The zero-order valence-electron chi connectivity index (χ0n) is 6.58. The highest BCUT2D eigenvalue weighted by Crippen LogP contribution is 2.24. The Morgan fingerprint density at radius 3 is 2.31 bits per heavy atom. The maximum atomic E-state index is 10.6. The molecular formula is C7H9NO4S. The van der Waals surface area contributed by atoms with Crippen molar-refractivity contribution in [1.82, 2.24) is 0 Å². The molecule has 1 atom stereocenters. The van der Waals surface area contributed by atoms with Crippen molar-refractivity contribution < 1.29 is 18.1 Å². The van der Waals surface area contributed by atoms with Crippen LogP contribution in [0.3, 0.4) is 0 Å². The van der Waals surface area contributed by atoms with Crippen molar-refractivity contribution >= 4 is 10.1 Å². The van der Waals surface area contributed by atoms with Gasteiger partial charge in [0.25, 0.3) is 10.1 Å². The lowest BCUT2D eigenvalue weighted by atomic mass is 10.2. The summed E-state index contributed by atoms with van der Waals surface area (Å²) in [4.78, 5) is 0. The van der Waals surface area contributed by atoms with Crippen molar-refractivity contribution in [3.63, 3.8) is 0 Å². The van der Waals surface area contributed by atoms with Crippen LogP contribution < -0.4 is 5.73 Å². The fourth-order valence-corrected chi connectivity index (χ4v) is 1.41. The topological polar surface area (TPSA) is 101 Å². The van der Waals surface area contributed by atoms with Gasteiger partial charge < -0.3 is 10.8 Å². The zero-order chi connectivity index (χ0) is 10.1. The summed E-state index contributed by atoms with van der Waals surface area (Å²) in [6, 6.07) is 5.66. The van der Waals surface area contributed by atoms with Crippen LogP contribution in [0.4, 0.5) is 0 Å². The van der Waals surface area contributed by atoms with Gasteiger partial charge in [-0.3, -0.25) is 4.55 Å². The number of rotatable bonds is 2. The van der Waals surface area contributed by atoms with E-state index in [1.54, 1.807) is 0 Å². The largest absolute Gasteiger partial charge is 0.508 e. The molecule has 0 aromatic heterocycles. The van der Waals surface area contributed by atoms with Gasteiger partial charge in [0.15, 0.2) is 5.37 Å². The maximum Gasteiger partial charge on any atom is 0.285 e. The highest BCUT2D eigenvalue weighted by atomic mass is 32.2. The average Bonchev–Trinajstić information content (AvgIpc) is 2.02. The summed E-state index contributed by atoms with van der Waals surface area (Å²) < 4.78 is 29.8. The molecule has 0 heterocycles. The van der Waals surface area contributed by atoms with Gasteiger partial charge in [0.05, 0.1) is 0 Å². The van der Waals surface area contributed by atoms with Gasteiger partial charge in [-0.25, -0.2) is 0 Å². The molecule has 5 nitrogen and oxygen atoms in total. The van der Waals surface area contributed by atoms with Gasteiger partial charge >= 0.3 is 0 Å². The van der Waals surface area contributed by atoms with Crippen LogP contribution in [0.25, 0.3) is 0 Å². The molecule has 0 saturated carbocycles. The van der Waals surface area contributed by atoms with Crippen LogP contribution in [0.15, 0.2) is 24.3 Å². The number of hydrogen-bond donors (Lipinski definition) is 3. The minimum absolute atomic E-state index is 0.0231. The summed E-state index contributed by atoms with van der Waals surface area (Å²) in [6.07, 6.45) is 0. The molecule has 0 saturated heterocycles. The van der Waals surface area contributed by atoms with E-state index in [0.717, 1.165) is 0 Å². The Morgan fingerprint density at radius 2 is 1.85 bits per heavy atom. The Hall–Kier alpha value is -1.11. The normalized spacial score (nSPS) is 14.0. The van der Waals surface area contributed by atoms with Crippen molar-refractivity contribution in [3.05, 3.63) is 29.8 Å². The van der Waals surface area contributed by atoms with E-state index in [1.165, 1.54) is 24.3 Å². The second-order valence-electron chi connectivity index (χ2n) is 2.49. The Balaban J connectivity index is 3.17. The maximum absolute atomic E-state index is 10.6. The van der Waals surface area contributed by atoms with Gasteiger partial charge in [0, 0.05) is 5.56 Å². The van der Waals surface area contributed by atoms with Crippen molar-refractivity contribution in [1.29, 1.82) is 0 Å². The van der Waals surface area contributed by atoms with E-state index in [-0.39, 0.29) is 11.3 Å². The van der Waals surface area contributed by atoms with Crippen molar-refractivity contribution in [2.24, 2.45) is 5.73 Å². The molecule has 0 amide bonds. The van der Waals surface area contributed by atoms with Gasteiger partial charge in [0.2, 0.25) is 0 Å². The van der Waals surface area contributed by atoms with Gasteiger partial charge in [-0.1, -0.05) is 18.2 Å². The van der Waals surface area contributed by atoms with Crippen LogP contribution >= 0.6 is 0 Å². The standard InChI is InChI=1S/C7H9NO4S/c8-7(13(10,11)12)5-3-1-2-4-6(5)9/h1-4,7,9H,8H2,(H,10,11,12). The minimum Gasteiger partial charge on any atom is -0.508 e. The molecule has 0 bridgehead atoms. The quantitative estimate of drug-likeness (QED) is 0.597. The van der Waals surface area contributed by atoms with Gasteiger partial charge in [-0.05, 0) is 6.07 Å². The average molecular weight is 203 g/mol. The fourth-order valence-electron chi connectivity index (χ4n) is 0.889. The first-order valence-electron chi connectivity index (χ1n) is 3.42. The third-order valence-electron chi connectivity index (χ3n) is 1.56. The first-order valence-corrected chi connectivity index (χ1v) is 4.93. The molecule has 0 aliphatic carbocycles. The molecule has 72 valence electrons. The Bertz CT molecular complexity index is 401. The van der Waals surface area contributed by atoms with Crippen LogP contribution in [-0.4, -0.2) is 18.1 Å².